The van der Waals surface area contributed by atoms with E-state index in [2.05, 4.69) is 13.8 Å². The molecule has 4 aliphatic carbocycles. The van der Waals surface area contributed by atoms with Gasteiger partial charge in [-0.15, -0.1) is 0 Å². The first-order valence-electron chi connectivity index (χ1n) is 9.93. The van der Waals surface area contributed by atoms with Crippen molar-refractivity contribution in [1.29, 1.82) is 0 Å². The molecule has 1 saturated heterocycles. The quantitative estimate of drug-likeness (QED) is 0.559. The maximum Gasteiger partial charge on any atom is 0.228 e. The number of hydrogen-bond acceptors (Lipinski definition) is 4. The minimum absolute atomic E-state index is 0.0411. The Hall–Kier alpha value is -0.940. The van der Waals surface area contributed by atoms with Crippen LogP contribution in [0.3, 0.4) is 0 Å². The summed E-state index contributed by atoms with van der Waals surface area (Å²) in [5, 5.41) is 10.5. The van der Waals surface area contributed by atoms with Crippen molar-refractivity contribution in [3.05, 3.63) is 0 Å². The summed E-state index contributed by atoms with van der Waals surface area (Å²) < 4.78 is 6.06. The molecule has 0 aromatic heterocycles. The first kappa shape index (κ1) is 16.2. The minimum Gasteiger partial charge on any atom is -0.393 e. The smallest absolute Gasteiger partial charge is 0.228 e. The molecule has 0 aromatic carbocycles. The van der Waals surface area contributed by atoms with Crippen molar-refractivity contribution in [2.24, 2.45) is 40.2 Å². The zero-order valence-corrected chi connectivity index (χ0v) is 15.2. The van der Waals surface area contributed by atoms with Gasteiger partial charge in [-0.3, -0.25) is 9.59 Å². The third-order valence-corrected chi connectivity index (χ3v) is 9.29. The fourth-order valence-corrected chi connectivity index (χ4v) is 7.79. The molecule has 0 bridgehead atoms. The number of aliphatic hydroxyl groups excluding tert-OH is 1. The molecule has 4 saturated carbocycles. The highest BCUT2D eigenvalue weighted by Gasteiger charge is 2.78. The van der Waals surface area contributed by atoms with E-state index in [1.165, 1.54) is 0 Å². The molecule has 5 fully saturated rings. The predicted octanol–water partition coefficient (Wildman–Crippen LogP) is 1.80. The lowest BCUT2D eigenvalue weighted by atomic mass is 9.44. The molecule has 5 heteroatoms. The molecule has 9 atom stereocenters. The normalized spacial score (nSPS) is 59.4. The Morgan fingerprint density at radius 3 is 2.64 bits per heavy atom. The molecule has 1 spiro atoms. The van der Waals surface area contributed by atoms with E-state index < -0.39 is 17.9 Å². The number of carbonyl (C=O) groups is 2. The number of fused-ring (bicyclic) bond motifs is 4. The van der Waals surface area contributed by atoms with E-state index in [0.717, 1.165) is 38.5 Å². The van der Waals surface area contributed by atoms with Crippen molar-refractivity contribution in [2.45, 2.75) is 76.6 Å². The first-order valence-corrected chi connectivity index (χ1v) is 9.93. The van der Waals surface area contributed by atoms with Crippen molar-refractivity contribution >= 4 is 11.7 Å². The molecule has 1 aliphatic heterocycles. The van der Waals surface area contributed by atoms with Crippen LogP contribution in [0.5, 0.6) is 0 Å². The van der Waals surface area contributed by atoms with E-state index in [-0.39, 0.29) is 28.3 Å². The number of nitrogens with two attached hydrogens (primary N) is 1. The fraction of sp³-hybridized carbons (Fsp3) is 0.900. The lowest BCUT2D eigenvalue weighted by Gasteiger charge is -2.59. The number of ether oxygens (including phenoxy) is 1. The molecule has 4 unspecified atom stereocenters. The number of rotatable bonds is 1. The lowest BCUT2D eigenvalue weighted by Crippen LogP contribution is -2.61. The van der Waals surface area contributed by atoms with Gasteiger partial charge in [-0.05, 0) is 68.1 Å². The highest BCUT2D eigenvalue weighted by atomic mass is 16.6. The number of aliphatic hydroxyl groups is 1. The lowest BCUT2D eigenvalue weighted by molar-refractivity contribution is -0.147. The Morgan fingerprint density at radius 2 is 1.92 bits per heavy atom. The Kier molecular flexibility index (Phi) is 3.03. The number of hydrogen-bond donors (Lipinski definition) is 2. The third-order valence-electron chi connectivity index (χ3n) is 9.29. The van der Waals surface area contributed by atoms with Crippen LogP contribution in [0.4, 0.5) is 0 Å². The zero-order chi connectivity index (χ0) is 17.8. The second kappa shape index (κ2) is 4.66. The molecule has 0 radical (unpaired) electrons. The van der Waals surface area contributed by atoms with Gasteiger partial charge >= 0.3 is 0 Å². The van der Waals surface area contributed by atoms with Crippen LogP contribution in [0.2, 0.25) is 0 Å². The van der Waals surface area contributed by atoms with Gasteiger partial charge in [0.2, 0.25) is 5.91 Å². The summed E-state index contributed by atoms with van der Waals surface area (Å²) in [5.74, 6) is 0.321. The van der Waals surface area contributed by atoms with Gasteiger partial charge in [-0.2, -0.15) is 0 Å². The van der Waals surface area contributed by atoms with Crippen LogP contribution in [0.25, 0.3) is 0 Å². The molecule has 25 heavy (non-hydrogen) atoms. The highest BCUT2D eigenvalue weighted by molar-refractivity contribution is 6.05. The minimum atomic E-state index is -0.688. The molecular weight excluding hydrogens is 318 g/mol. The van der Waals surface area contributed by atoms with Gasteiger partial charge < -0.3 is 15.6 Å². The summed E-state index contributed by atoms with van der Waals surface area (Å²) in [7, 11) is 0. The van der Waals surface area contributed by atoms with Crippen molar-refractivity contribution in [1.82, 2.24) is 0 Å². The van der Waals surface area contributed by atoms with Crippen LogP contribution in [-0.4, -0.2) is 34.6 Å². The second-order valence-corrected chi connectivity index (χ2v) is 9.92. The SMILES string of the molecule is C[C@]12CC[C@@H]3[C@@H](CCC45OC4C(=O)C(C(N)=O)C[C@]35C)[C@@H]1CCC2O. The molecule has 1 heterocycles. The average Bonchev–Trinajstić information content (AvgIpc) is 3.23. The number of primary amides is 1. The molecule has 3 N–H and O–H groups in total. The molecule has 5 nitrogen and oxygen atoms in total. The Morgan fingerprint density at radius 1 is 1.16 bits per heavy atom. The molecule has 5 rings (SSSR count). The number of carbonyl (C=O) groups excluding carboxylic acids is 2. The van der Waals surface area contributed by atoms with Crippen LogP contribution >= 0.6 is 0 Å². The molecule has 0 aromatic rings. The van der Waals surface area contributed by atoms with Crippen molar-refractivity contribution in [3.8, 4) is 0 Å². The van der Waals surface area contributed by atoms with Gasteiger partial charge in [-0.25, -0.2) is 0 Å². The van der Waals surface area contributed by atoms with Crippen molar-refractivity contribution in [3.63, 3.8) is 0 Å². The van der Waals surface area contributed by atoms with E-state index in [1.807, 2.05) is 0 Å². The molecular formula is C20H29NO4. The maximum absolute atomic E-state index is 12.6. The Bertz CT molecular complexity index is 664. The van der Waals surface area contributed by atoms with Gasteiger partial charge in [-0.1, -0.05) is 13.8 Å². The summed E-state index contributed by atoms with van der Waals surface area (Å²) >= 11 is 0. The number of ketones is 1. The Labute approximate surface area is 148 Å². The van der Waals surface area contributed by atoms with Crippen LogP contribution in [0, 0.1) is 34.5 Å². The largest absolute Gasteiger partial charge is 0.393 e. The average molecular weight is 347 g/mol. The van der Waals surface area contributed by atoms with Gasteiger partial charge in [0, 0.05) is 5.41 Å². The van der Waals surface area contributed by atoms with E-state index >= 15 is 0 Å². The summed E-state index contributed by atoms with van der Waals surface area (Å²) in [4.78, 5) is 24.5. The van der Waals surface area contributed by atoms with Crippen LogP contribution in [0.1, 0.15) is 58.8 Å². The fourth-order valence-electron chi connectivity index (χ4n) is 7.79. The number of Topliss-reactive ketones (excluding diaryl/α,β-unsaturated/α-hetero) is 1. The summed E-state index contributed by atoms with van der Waals surface area (Å²) in [6.45, 7) is 4.52. The molecule has 138 valence electrons. The van der Waals surface area contributed by atoms with Crippen molar-refractivity contribution in [2.75, 3.05) is 0 Å². The summed E-state index contributed by atoms with van der Waals surface area (Å²) in [6.07, 6.45) is 6.05. The number of amides is 1. The summed E-state index contributed by atoms with van der Waals surface area (Å²) in [6, 6.07) is 0. The highest BCUT2D eigenvalue weighted by Crippen LogP contribution is 2.72. The van der Waals surface area contributed by atoms with Gasteiger partial charge in [0.15, 0.2) is 5.78 Å². The molecule has 1 amide bonds. The Balaban J connectivity index is 1.52. The monoisotopic (exact) mass is 347 g/mol. The summed E-state index contributed by atoms with van der Waals surface area (Å²) in [5.41, 5.74) is 5.11. The third kappa shape index (κ3) is 1.72. The van der Waals surface area contributed by atoms with Crippen LogP contribution < -0.4 is 5.73 Å². The van der Waals surface area contributed by atoms with E-state index in [1.54, 1.807) is 0 Å². The topological polar surface area (TPSA) is 92.9 Å². The number of epoxide rings is 1. The van der Waals surface area contributed by atoms with E-state index in [9.17, 15) is 14.7 Å². The first-order chi connectivity index (χ1) is 11.7. The molecule has 5 aliphatic rings. The standard InChI is InChI=1S/C20H29NO4/c1-18-7-6-13-10(12(18)3-4-14(18)22)5-8-20-16(25-20)15(23)11(17(21)24)9-19(13,20)2/h10-14,16,22H,3-9H2,1-2H3,(H2,21,24)/t10-,11?,12-,13+,14?,16?,18-,19+,20?/m0/s1. The zero-order valence-electron chi connectivity index (χ0n) is 15.2. The maximum atomic E-state index is 12.6. The van der Waals surface area contributed by atoms with E-state index in [4.69, 9.17) is 10.5 Å². The van der Waals surface area contributed by atoms with Gasteiger partial charge in [0.1, 0.15) is 11.7 Å². The predicted molar refractivity (Wildman–Crippen MR) is 90.3 cm³/mol. The van der Waals surface area contributed by atoms with Crippen molar-refractivity contribution < 1.29 is 19.4 Å². The van der Waals surface area contributed by atoms with Gasteiger partial charge in [0.05, 0.1) is 12.0 Å². The van der Waals surface area contributed by atoms with E-state index in [0.29, 0.717) is 24.2 Å². The second-order valence-electron chi connectivity index (χ2n) is 9.92. The van der Waals surface area contributed by atoms with Crippen LogP contribution in [0.15, 0.2) is 0 Å². The van der Waals surface area contributed by atoms with Crippen LogP contribution in [-0.2, 0) is 14.3 Å². The van der Waals surface area contributed by atoms with Gasteiger partial charge in [0.25, 0.3) is 0 Å².